The predicted octanol–water partition coefficient (Wildman–Crippen LogP) is 3.95. The molecule has 0 unspecified atom stereocenters. The zero-order valence-electron chi connectivity index (χ0n) is 9.94. The molecule has 0 aliphatic rings. The summed E-state index contributed by atoms with van der Waals surface area (Å²) in [5.74, 6) is 0. The number of rotatable bonds is 5. The highest BCUT2D eigenvalue weighted by atomic mass is 19.3. The largest absolute Gasteiger partial charge is 0.379 e. The Morgan fingerprint density at radius 3 is 2.28 bits per heavy atom. The molecule has 0 aliphatic heterocycles. The molecule has 3 heteroatoms. The van der Waals surface area contributed by atoms with E-state index in [2.05, 4.69) is 5.32 Å². The molecular formula is C15H15F2N. The SMILES string of the molecule is FC(F)CNc1ccccc1Cc1ccccc1. The molecule has 0 amide bonds. The Labute approximate surface area is 105 Å². The van der Waals surface area contributed by atoms with E-state index in [4.69, 9.17) is 0 Å². The monoisotopic (exact) mass is 247 g/mol. The van der Waals surface area contributed by atoms with Gasteiger partial charge in [-0.15, -0.1) is 0 Å². The summed E-state index contributed by atoms with van der Waals surface area (Å²) in [7, 11) is 0. The molecule has 2 aromatic carbocycles. The molecule has 0 aliphatic carbocycles. The van der Waals surface area contributed by atoms with Gasteiger partial charge in [0.15, 0.2) is 0 Å². The van der Waals surface area contributed by atoms with Crippen LogP contribution in [0, 0.1) is 0 Å². The second kappa shape index (κ2) is 6.15. The maximum Gasteiger partial charge on any atom is 0.255 e. The Balaban J connectivity index is 2.12. The Kier molecular flexibility index (Phi) is 4.29. The van der Waals surface area contributed by atoms with Gasteiger partial charge >= 0.3 is 0 Å². The van der Waals surface area contributed by atoms with Crippen molar-refractivity contribution in [3.8, 4) is 0 Å². The lowest BCUT2D eigenvalue weighted by Gasteiger charge is -2.11. The second-order valence-corrected chi connectivity index (χ2v) is 4.09. The van der Waals surface area contributed by atoms with Crippen molar-refractivity contribution in [1.29, 1.82) is 0 Å². The molecule has 94 valence electrons. The van der Waals surface area contributed by atoms with Gasteiger partial charge in [-0.3, -0.25) is 0 Å². The van der Waals surface area contributed by atoms with Crippen molar-refractivity contribution in [2.45, 2.75) is 12.8 Å². The van der Waals surface area contributed by atoms with E-state index in [1.54, 1.807) is 0 Å². The van der Waals surface area contributed by atoms with E-state index in [-0.39, 0.29) is 6.54 Å². The fourth-order valence-electron chi connectivity index (χ4n) is 1.85. The minimum Gasteiger partial charge on any atom is -0.379 e. The molecule has 0 bridgehead atoms. The van der Waals surface area contributed by atoms with Gasteiger partial charge < -0.3 is 5.32 Å². The summed E-state index contributed by atoms with van der Waals surface area (Å²) in [4.78, 5) is 0. The maximum atomic E-state index is 12.2. The summed E-state index contributed by atoms with van der Waals surface area (Å²) < 4.78 is 24.4. The van der Waals surface area contributed by atoms with Crippen molar-refractivity contribution in [3.05, 3.63) is 65.7 Å². The smallest absolute Gasteiger partial charge is 0.255 e. The number of benzene rings is 2. The van der Waals surface area contributed by atoms with E-state index < -0.39 is 6.43 Å². The quantitative estimate of drug-likeness (QED) is 0.843. The van der Waals surface area contributed by atoms with Crippen LogP contribution in [0.2, 0.25) is 0 Å². The van der Waals surface area contributed by atoms with Gasteiger partial charge in [0.2, 0.25) is 0 Å². The Morgan fingerprint density at radius 2 is 1.56 bits per heavy atom. The number of hydrogen-bond acceptors (Lipinski definition) is 1. The third-order valence-electron chi connectivity index (χ3n) is 2.70. The van der Waals surface area contributed by atoms with E-state index in [0.717, 1.165) is 17.7 Å². The second-order valence-electron chi connectivity index (χ2n) is 4.09. The third-order valence-corrected chi connectivity index (χ3v) is 2.70. The van der Waals surface area contributed by atoms with Crippen LogP contribution in [-0.2, 0) is 6.42 Å². The van der Waals surface area contributed by atoms with Gasteiger partial charge in [0.25, 0.3) is 6.43 Å². The molecule has 18 heavy (non-hydrogen) atoms. The molecule has 0 saturated carbocycles. The van der Waals surface area contributed by atoms with Crippen molar-refractivity contribution in [1.82, 2.24) is 0 Å². The van der Waals surface area contributed by atoms with Crippen LogP contribution in [0.15, 0.2) is 54.6 Å². The van der Waals surface area contributed by atoms with Crippen molar-refractivity contribution >= 4 is 5.69 Å². The average molecular weight is 247 g/mol. The zero-order chi connectivity index (χ0) is 12.8. The predicted molar refractivity (Wildman–Crippen MR) is 70.2 cm³/mol. The Hall–Kier alpha value is -1.90. The molecule has 0 aromatic heterocycles. The van der Waals surface area contributed by atoms with Gasteiger partial charge in [-0.25, -0.2) is 8.78 Å². The van der Waals surface area contributed by atoms with Gasteiger partial charge in [-0.05, 0) is 23.6 Å². The fourth-order valence-corrected chi connectivity index (χ4v) is 1.85. The lowest BCUT2D eigenvalue weighted by molar-refractivity contribution is 0.163. The molecule has 0 fully saturated rings. The first-order valence-corrected chi connectivity index (χ1v) is 5.89. The first kappa shape index (κ1) is 12.6. The topological polar surface area (TPSA) is 12.0 Å². The van der Waals surface area contributed by atoms with Crippen LogP contribution in [0.4, 0.5) is 14.5 Å². The highest BCUT2D eigenvalue weighted by molar-refractivity contribution is 5.52. The van der Waals surface area contributed by atoms with Gasteiger partial charge in [-0.1, -0.05) is 48.5 Å². The maximum absolute atomic E-state index is 12.2. The summed E-state index contributed by atoms with van der Waals surface area (Å²) in [6.45, 7) is -0.314. The standard InChI is InChI=1S/C15H15F2N/c16-15(17)11-18-14-9-5-4-8-13(14)10-12-6-2-1-3-7-12/h1-9,15,18H,10-11H2. The number of nitrogens with one attached hydrogen (secondary N) is 1. The fraction of sp³-hybridized carbons (Fsp3) is 0.200. The van der Waals surface area contributed by atoms with Crippen LogP contribution < -0.4 is 5.32 Å². The molecule has 1 N–H and O–H groups in total. The summed E-state index contributed by atoms with van der Waals surface area (Å²) in [6, 6.07) is 17.5. The molecule has 1 nitrogen and oxygen atoms in total. The van der Waals surface area contributed by atoms with Crippen LogP contribution in [0.3, 0.4) is 0 Å². The van der Waals surface area contributed by atoms with Crippen LogP contribution in [-0.4, -0.2) is 13.0 Å². The van der Waals surface area contributed by atoms with E-state index in [1.165, 1.54) is 5.56 Å². The van der Waals surface area contributed by atoms with E-state index in [1.807, 2.05) is 54.6 Å². The van der Waals surface area contributed by atoms with E-state index in [9.17, 15) is 8.78 Å². The highest BCUT2D eigenvalue weighted by Crippen LogP contribution is 2.19. The van der Waals surface area contributed by atoms with Gasteiger partial charge in [0.1, 0.15) is 0 Å². The number of anilines is 1. The van der Waals surface area contributed by atoms with Crippen LogP contribution in [0.25, 0.3) is 0 Å². The zero-order valence-corrected chi connectivity index (χ0v) is 9.94. The lowest BCUT2D eigenvalue weighted by atomic mass is 10.0. The first-order valence-electron chi connectivity index (χ1n) is 5.89. The summed E-state index contributed by atoms with van der Waals surface area (Å²) in [5.41, 5.74) is 2.98. The van der Waals surface area contributed by atoms with Gasteiger partial charge in [-0.2, -0.15) is 0 Å². The van der Waals surface area contributed by atoms with Crippen LogP contribution >= 0.6 is 0 Å². The van der Waals surface area contributed by atoms with Gasteiger partial charge in [0.05, 0.1) is 6.54 Å². The molecule has 0 radical (unpaired) electrons. The van der Waals surface area contributed by atoms with Crippen molar-refractivity contribution in [2.24, 2.45) is 0 Å². The molecule has 0 atom stereocenters. The number of para-hydroxylation sites is 1. The third kappa shape index (κ3) is 3.55. The average Bonchev–Trinajstić information content (AvgIpc) is 2.39. The Bertz CT molecular complexity index is 483. The van der Waals surface area contributed by atoms with E-state index in [0.29, 0.717) is 0 Å². The lowest BCUT2D eigenvalue weighted by Crippen LogP contribution is -2.11. The van der Waals surface area contributed by atoms with Crippen molar-refractivity contribution < 1.29 is 8.78 Å². The molecule has 2 rings (SSSR count). The molecule has 0 saturated heterocycles. The minimum absolute atomic E-state index is 0.314. The minimum atomic E-state index is -2.34. The van der Waals surface area contributed by atoms with Crippen molar-refractivity contribution in [3.63, 3.8) is 0 Å². The van der Waals surface area contributed by atoms with Crippen molar-refractivity contribution in [2.75, 3.05) is 11.9 Å². The summed E-state index contributed by atoms with van der Waals surface area (Å²) in [5, 5.41) is 2.78. The molecule has 2 aromatic rings. The van der Waals surface area contributed by atoms with E-state index >= 15 is 0 Å². The molecular weight excluding hydrogens is 232 g/mol. The summed E-state index contributed by atoms with van der Waals surface area (Å²) in [6.07, 6.45) is -1.59. The Morgan fingerprint density at radius 1 is 0.889 bits per heavy atom. The van der Waals surface area contributed by atoms with Crippen LogP contribution in [0.5, 0.6) is 0 Å². The number of hydrogen-bond donors (Lipinski definition) is 1. The normalized spacial score (nSPS) is 10.6. The highest BCUT2D eigenvalue weighted by Gasteiger charge is 2.05. The molecule has 0 heterocycles. The van der Waals surface area contributed by atoms with Gasteiger partial charge in [0, 0.05) is 5.69 Å². The number of halogens is 2. The number of alkyl halides is 2. The first-order chi connectivity index (χ1) is 8.75. The molecule has 0 spiro atoms. The summed E-state index contributed by atoms with van der Waals surface area (Å²) >= 11 is 0. The van der Waals surface area contributed by atoms with Crippen LogP contribution in [0.1, 0.15) is 11.1 Å².